The van der Waals surface area contributed by atoms with Crippen LogP contribution in [0.5, 0.6) is 0 Å². The number of nitrogens with one attached hydrogen (secondary N) is 2. The lowest BCUT2D eigenvalue weighted by molar-refractivity contribution is -0.139. The molecule has 7 heteroatoms. The van der Waals surface area contributed by atoms with Gasteiger partial charge in [-0.2, -0.15) is 0 Å². The Bertz CT molecular complexity index is 829. The van der Waals surface area contributed by atoms with Gasteiger partial charge in [0.15, 0.2) is 0 Å². The molecule has 1 aromatic rings. The first kappa shape index (κ1) is 22.3. The van der Waals surface area contributed by atoms with Crippen LogP contribution in [0, 0.1) is 5.92 Å². The normalized spacial score (nSPS) is 33.6. The van der Waals surface area contributed by atoms with E-state index in [0.29, 0.717) is 12.0 Å². The number of amides is 3. The number of benzene rings is 1. The average molecular weight is 416 g/mol. The van der Waals surface area contributed by atoms with E-state index in [-0.39, 0.29) is 36.1 Å². The Morgan fingerprint density at radius 2 is 1.83 bits per heavy atom. The Morgan fingerprint density at radius 1 is 1.17 bits per heavy atom. The van der Waals surface area contributed by atoms with Crippen molar-refractivity contribution >= 4 is 17.9 Å². The molecule has 4 unspecified atom stereocenters. The van der Waals surface area contributed by atoms with E-state index in [4.69, 9.17) is 4.74 Å². The molecule has 4 atom stereocenters. The van der Waals surface area contributed by atoms with Crippen LogP contribution in [0.15, 0.2) is 30.3 Å². The summed E-state index contributed by atoms with van der Waals surface area (Å²) in [7, 11) is 0. The second kappa shape index (κ2) is 8.02. The topological polar surface area (TPSA) is 87.7 Å². The molecule has 3 amide bonds. The van der Waals surface area contributed by atoms with Gasteiger partial charge in [0.25, 0.3) is 5.91 Å². The molecule has 7 nitrogen and oxygen atoms in total. The quantitative estimate of drug-likeness (QED) is 0.551. The average Bonchev–Trinajstić information content (AvgIpc) is 2.97. The number of piperidine rings is 1. The Labute approximate surface area is 178 Å². The van der Waals surface area contributed by atoms with Gasteiger partial charge in [-0.1, -0.05) is 39.0 Å². The van der Waals surface area contributed by atoms with Crippen LogP contribution in [0.25, 0.3) is 0 Å². The molecule has 2 N–H and O–H groups in total. The minimum absolute atomic E-state index is 0.0360. The maximum atomic E-state index is 13.5. The van der Waals surface area contributed by atoms with Gasteiger partial charge >= 0.3 is 12.0 Å². The van der Waals surface area contributed by atoms with E-state index in [2.05, 4.69) is 38.3 Å². The van der Waals surface area contributed by atoms with Crippen molar-refractivity contribution in [3.8, 4) is 0 Å². The summed E-state index contributed by atoms with van der Waals surface area (Å²) in [6, 6.07) is 8.24. The maximum absolute atomic E-state index is 13.5. The molecule has 1 spiro atoms. The number of esters is 1. The van der Waals surface area contributed by atoms with Crippen LogP contribution >= 0.6 is 0 Å². The van der Waals surface area contributed by atoms with E-state index in [1.54, 1.807) is 24.3 Å². The molecular formula is C23H33N3O4. The number of urea groups is 1. The Hall–Kier alpha value is -2.41. The van der Waals surface area contributed by atoms with Gasteiger partial charge in [-0.25, -0.2) is 9.59 Å². The van der Waals surface area contributed by atoms with E-state index in [0.717, 1.165) is 12.8 Å². The summed E-state index contributed by atoms with van der Waals surface area (Å²) in [5.74, 6) is -0.788. The van der Waals surface area contributed by atoms with Crippen molar-refractivity contribution in [2.75, 3.05) is 13.2 Å². The number of hydrogen-bond acceptors (Lipinski definition) is 5. The van der Waals surface area contributed by atoms with E-state index in [1.165, 1.54) is 4.90 Å². The van der Waals surface area contributed by atoms with Crippen LogP contribution in [-0.4, -0.2) is 52.6 Å². The van der Waals surface area contributed by atoms with Gasteiger partial charge in [0.2, 0.25) is 0 Å². The minimum atomic E-state index is -0.957. The van der Waals surface area contributed by atoms with Crippen LogP contribution in [-0.2, 0) is 9.53 Å². The Morgan fingerprint density at radius 3 is 2.43 bits per heavy atom. The molecule has 0 radical (unpaired) electrons. The van der Waals surface area contributed by atoms with Gasteiger partial charge in [-0.15, -0.1) is 0 Å². The zero-order valence-electron chi connectivity index (χ0n) is 18.6. The smallest absolute Gasteiger partial charge is 0.338 e. The molecule has 30 heavy (non-hydrogen) atoms. The van der Waals surface area contributed by atoms with Crippen molar-refractivity contribution in [3.05, 3.63) is 35.9 Å². The van der Waals surface area contributed by atoms with Crippen molar-refractivity contribution < 1.29 is 19.1 Å². The zero-order chi connectivity index (χ0) is 22.2. The Balaban J connectivity index is 1.75. The number of nitrogens with zero attached hydrogens (tertiary/aromatic N) is 1. The van der Waals surface area contributed by atoms with Gasteiger partial charge in [0.05, 0.1) is 12.1 Å². The molecule has 2 aliphatic heterocycles. The zero-order valence-corrected chi connectivity index (χ0v) is 18.6. The van der Waals surface area contributed by atoms with Crippen LogP contribution in [0.2, 0.25) is 0 Å². The SMILES string of the molecule is CCC1(C)CC2(NC(=O)N(CCOC(=O)c3ccccc3)C2=O)C(C)C(C)(CC)N1. The molecule has 0 aromatic heterocycles. The summed E-state index contributed by atoms with van der Waals surface area (Å²) in [5.41, 5.74) is -1.07. The summed E-state index contributed by atoms with van der Waals surface area (Å²) in [4.78, 5) is 39.7. The number of carbonyl (C=O) groups excluding carboxylic acids is 3. The molecular weight excluding hydrogens is 382 g/mol. The molecule has 1 aromatic carbocycles. The van der Waals surface area contributed by atoms with Gasteiger partial charge in [0.1, 0.15) is 12.1 Å². The van der Waals surface area contributed by atoms with E-state index >= 15 is 0 Å². The number of ether oxygens (including phenoxy) is 1. The first-order valence-corrected chi connectivity index (χ1v) is 10.8. The van der Waals surface area contributed by atoms with Crippen molar-refractivity contribution in [2.24, 2.45) is 5.92 Å². The van der Waals surface area contributed by atoms with Crippen LogP contribution < -0.4 is 10.6 Å². The maximum Gasteiger partial charge on any atom is 0.338 e. The molecule has 164 valence electrons. The number of hydrogen-bond donors (Lipinski definition) is 2. The van der Waals surface area contributed by atoms with Crippen molar-refractivity contribution in [1.82, 2.24) is 15.5 Å². The van der Waals surface area contributed by atoms with E-state index in [9.17, 15) is 14.4 Å². The summed E-state index contributed by atoms with van der Waals surface area (Å²) in [5, 5.41) is 6.77. The minimum Gasteiger partial charge on any atom is -0.460 e. The fourth-order valence-electron chi connectivity index (χ4n) is 4.91. The highest BCUT2D eigenvalue weighted by atomic mass is 16.5. The highest BCUT2D eigenvalue weighted by Gasteiger charge is 2.63. The van der Waals surface area contributed by atoms with E-state index < -0.39 is 17.5 Å². The predicted octanol–water partition coefficient (Wildman–Crippen LogP) is 3.10. The van der Waals surface area contributed by atoms with Crippen LogP contribution in [0.3, 0.4) is 0 Å². The summed E-state index contributed by atoms with van der Waals surface area (Å²) in [6.07, 6.45) is 2.20. The molecule has 0 bridgehead atoms. The fraction of sp³-hybridized carbons (Fsp3) is 0.609. The summed E-state index contributed by atoms with van der Waals surface area (Å²) < 4.78 is 5.29. The number of imide groups is 1. The number of rotatable bonds is 6. The first-order chi connectivity index (χ1) is 14.1. The van der Waals surface area contributed by atoms with Gasteiger partial charge in [0, 0.05) is 17.0 Å². The van der Waals surface area contributed by atoms with Crippen molar-refractivity contribution in [2.45, 2.75) is 70.5 Å². The summed E-state index contributed by atoms with van der Waals surface area (Å²) >= 11 is 0. The first-order valence-electron chi connectivity index (χ1n) is 10.8. The summed E-state index contributed by atoms with van der Waals surface area (Å²) in [6.45, 7) is 10.5. The van der Waals surface area contributed by atoms with E-state index in [1.807, 2.05) is 13.0 Å². The predicted molar refractivity (Wildman–Crippen MR) is 114 cm³/mol. The lowest BCUT2D eigenvalue weighted by Gasteiger charge is -2.56. The van der Waals surface area contributed by atoms with Gasteiger partial charge in [-0.3, -0.25) is 9.69 Å². The molecule has 2 fully saturated rings. The molecule has 2 aliphatic rings. The molecule has 0 saturated carbocycles. The lowest BCUT2D eigenvalue weighted by Crippen LogP contribution is -2.74. The molecule has 0 aliphatic carbocycles. The fourth-order valence-corrected chi connectivity index (χ4v) is 4.91. The third-order valence-electron chi connectivity index (χ3n) is 7.23. The van der Waals surface area contributed by atoms with Crippen molar-refractivity contribution in [1.29, 1.82) is 0 Å². The molecule has 3 rings (SSSR count). The lowest BCUT2D eigenvalue weighted by atomic mass is 9.61. The largest absolute Gasteiger partial charge is 0.460 e. The molecule has 2 saturated heterocycles. The van der Waals surface area contributed by atoms with Gasteiger partial charge < -0.3 is 15.4 Å². The standard InChI is InChI=1S/C23H33N3O4/c1-6-21(4)15-23(16(3)22(5,7-2)25-21)19(28)26(20(29)24-23)13-14-30-18(27)17-11-9-8-10-12-17/h8-12,16,25H,6-7,13-15H2,1-5H3,(H,24,29). The molecule has 2 heterocycles. The van der Waals surface area contributed by atoms with Crippen molar-refractivity contribution in [3.63, 3.8) is 0 Å². The number of carbonyl (C=O) groups is 3. The highest BCUT2D eigenvalue weighted by Crippen LogP contribution is 2.46. The Kier molecular flexibility index (Phi) is 5.96. The van der Waals surface area contributed by atoms with Crippen LogP contribution in [0.4, 0.5) is 4.79 Å². The second-order valence-electron chi connectivity index (χ2n) is 9.07. The second-order valence-corrected chi connectivity index (χ2v) is 9.07. The van der Waals surface area contributed by atoms with Gasteiger partial charge in [-0.05, 0) is 45.2 Å². The monoisotopic (exact) mass is 415 g/mol. The highest BCUT2D eigenvalue weighted by molar-refractivity contribution is 6.07. The third kappa shape index (κ3) is 3.71. The third-order valence-corrected chi connectivity index (χ3v) is 7.23. The van der Waals surface area contributed by atoms with Crippen LogP contribution in [0.1, 0.15) is 64.2 Å².